The maximum atomic E-state index is 6.44. The molecule has 17 heavy (non-hydrogen) atoms. The lowest BCUT2D eigenvalue weighted by Crippen LogP contribution is -2.24. The van der Waals surface area contributed by atoms with Crippen molar-refractivity contribution in [2.45, 2.75) is 51.0 Å². The standard InChI is InChI=1S/C15H20ClN/c16-15-9-12(11-4-2-1-3-5-11)8-13-10-17-7-6-14(13)15/h8-9,11,17H,1-7,10H2. The summed E-state index contributed by atoms with van der Waals surface area (Å²) in [6, 6.07) is 4.64. The lowest BCUT2D eigenvalue weighted by atomic mass is 9.82. The molecule has 1 saturated carbocycles. The van der Waals surface area contributed by atoms with E-state index in [1.807, 2.05) is 0 Å². The molecule has 1 aliphatic heterocycles. The zero-order chi connectivity index (χ0) is 11.7. The van der Waals surface area contributed by atoms with Crippen LogP contribution in [0.25, 0.3) is 0 Å². The molecule has 1 aromatic carbocycles. The van der Waals surface area contributed by atoms with Gasteiger partial charge in [-0.1, -0.05) is 36.9 Å². The monoisotopic (exact) mass is 249 g/mol. The molecule has 0 radical (unpaired) electrons. The minimum absolute atomic E-state index is 0.758. The Balaban J connectivity index is 1.92. The van der Waals surface area contributed by atoms with Crippen molar-refractivity contribution in [3.8, 4) is 0 Å². The van der Waals surface area contributed by atoms with E-state index >= 15 is 0 Å². The molecule has 1 aromatic rings. The van der Waals surface area contributed by atoms with Gasteiger partial charge in [-0.3, -0.25) is 0 Å². The highest BCUT2D eigenvalue weighted by molar-refractivity contribution is 6.31. The van der Waals surface area contributed by atoms with Crippen LogP contribution in [0.15, 0.2) is 12.1 Å². The fraction of sp³-hybridized carbons (Fsp3) is 0.600. The van der Waals surface area contributed by atoms with E-state index < -0.39 is 0 Å². The molecule has 0 bridgehead atoms. The van der Waals surface area contributed by atoms with Gasteiger partial charge in [0.15, 0.2) is 0 Å². The smallest absolute Gasteiger partial charge is 0.0444 e. The van der Waals surface area contributed by atoms with E-state index in [0.29, 0.717) is 0 Å². The summed E-state index contributed by atoms with van der Waals surface area (Å²) < 4.78 is 0. The summed E-state index contributed by atoms with van der Waals surface area (Å²) in [6.45, 7) is 2.06. The fourth-order valence-electron chi connectivity index (χ4n) is 3.26. The number of halogens is 1. The molecule has 2 heteroatoms. The van der Waals surface area contributed by atoms with Crippen LogP contribution in [0.1, 0.15) is 54.7 Å². The van der Waals surface area contributed by atoms with Crippen LogP contribution in [0.3, 0.4) is 0 Å². The van der Waals surface area contributed by atoms with Crippen LogP contribution in [0, 0.1) is 0 Å². The number of benzene rings is 1. The quantitative estimate of drug-likeness (QED) is 0.792. The van der Waals surface area contributed by atoms with Crippen LogP contribution in [0.2, 0.25) is 5.02 Å². The van der Waals surface area contributed by atoms with Gasteiger partial charge in [0.2, 0.25) is 0 Å². The van der Waals surface area contributed by atoms with Crippen LogP contribution >= 0.6 is 11.6 Å². The zero-order valence-electron chi connectivity index (χ0n) is 10.3. The largest absolute Gasteiger partial charge is 0.312 e. The molecule has 0 saturated heterocycles. The van der Waals surface area contributed by atoms with Gasteiger partial charge in [-0.05, 0) is 54.5 Å². The number of rotatable bonds is 1. The summed E-state index contributed by atoms with van der Waals surface area (Å²) in [5.74, 6) is 0.758. The maximum absolute atomic E-state index is 6.44. The SMILES string of the molecule is Clc1cc(C2CCCCC2)cc2c1CCNC2. The second-order valence-corrected chi connectivity index (χ2v) is 5.81. The van der Waals surface area contributed by atoms with Gasteiger partial charge in [0.1, 0.15) is 0 Å². The van der Waals surface area contributed by atoms with Crippen molar-refractivity contribution in [2.75, 3.05) is 6.54 Å². The molecule has 1 N–H and O–H groups in total. The number of fused-ring (bicyclic) bond motifs is 1. The summed E-state index contributed by atoms with van der Waals surface area (Å²) in [5, 5.41) is 4.44. The second kappa shape index (κ2) is 4.99. The van der Waals surface area contributed by atoms with E-state index in [-0.39, 0.29) is 0 Å². The first-order chi connectivity index (χ1) is 8.34. The average Bonchev–Trinajstić information content (AvgIpc) is 2.40. The molecule has 0 aromatic heterocycles. The lowest BCUT2D eigenvalue weighted by Gasteiger charge is -2.25. The highest BCUT2D eigenvalue weighted by atomic mass is 35.5. The first-order valence-corrected chi connectivity index (χ1v) is 7.24. The van der Waals surface area contributed by atoms with Crippen molar-refractivity contribution in [3.63, 3.8) is 0 Å². The van der Waals surface area contributed by atoms with E-state index in [2.05, 4.69) is 17.4 Å². The van der Waals surface area contributed by atoms with Gasteiger partial charge in [0, 0.05) is 11.6 Å². The van der Waals surface area contributed by atoms with E-state index in [0.717, 1.165) is 30.5 Å². The number of hydrogen-bond acceptors (Lipinski definition) is 1. The van der Waals surface area contributed by atoms with Gasteiger partial charge < -0.3 is 5.32 Å². The fourth-order valence-corrected chi connectivity index (χ4v) is 3.60. The Morgan fingerprint density at radius 1 is 1.12 bits per heavy atom. The van der Waals surface area contributed by atoms with Gasteiger partial charge in [-0.15, -0.1) is 0 Å². The Morgan fingerprint density at radius 2 is 1.94 bits per heavy atom. The van der Waals surface area contributed by atoms with Crippen molar-refractivity contribution in [2.24, 2.45) is 0 Å². The summed E-state index contributed by atoms with van der Waals surface area (Å²) in [7, 11) is 0. The number of hydrogen-bond donors (Lipinski definition) is 1. The molecule has 92 valence electrons. The molecule has 0 unspecified atom stereocenters. The third kappa shape index (κ3) is 2.36. The third-order valence-electron chi connectivity index (χ3n) is 4.25. The summed E-state index contributed by atoms with van der Waals surface area (Å²) in [5.41, 5.74) is 4.30. The van der Waals surface area contributed by atoms with Crippen molar-refractivity contribution in [1.29, 1.82) is 0 Å². The molecule has 0 spiro atoms. The van der Waals surface area contributed by atoms with Crippen molar-refractivity contribution in [1.82, 2.24) is 5.32 Å². The molecule has 1 aliphatic carbocycles. The molecular formula is C15H20ClN. The van der Waals surface area contributed by atoms with Crippen LogP contribution in [-0.2, 0) is 13.0 Å². The van der Waals surface area contributed by atoms with Gasteiger partial charge in [-0.25, -0.2) is 0 Å². The number of nitrogens with one attached hydrogen (secondary N) is 1. The Bertz CT molecular complexity index is 408. The average molecular weight is 250 g/mol. The molecule has 0 atom stereocenters. The van der Waals surface area contributed by atoms with E-state index in [9.17, 15) is 0 Å². The summed E-state index contributed by atoms with van der Waals surface area (Å²) >= 11 is 6.44. The zero-order valence-corrected chi connectivity index (χ0v) is 11.0. The molecule has 0 amide bonds. The van der Waals surface area contributed by atoms with Gasteiger partial charge >= 0.3 is 0 Å². The van der Waals surface area contributed by atoms with E-state index in [4.69, 9.17) is 11.6 Å². The van der Waals surface area contributed by atoms with E-state index in [1.54, 1.807) is 0 Å². The molecule has 3 rings (SSSR count). The second-order valence-electron chi connectivity index (χ2n) is 5.40. The van der Waals surface area contributed by atoms with Crippen LogP contribution in [0.4, 0.5) is 0 Å². The van der Waals surface area contributed by atoms with Gasteiger partial charge in [0.05, 0.1) is 0 Å². The summed E-state index contributed by atoms with van der Waals surface area (Å²) in [4.78, 5) is 0. The predicted molar refractivity (Wildman–Crippen MR) is 72.7 cm³/mol. The van der Waals surface area contributed by atoms with Gasteiger partial charge in [-0.2, -0.15) is 0 Å². The van der Waals surface area contributed by atoms with Crippen molar-refractivity contribution >= 4 is 11.6 Å². The molecule has 1 fully saturated rings. The van der Waals surface area contributed by atoms with Crippen LogP contribution in [-0.4, -0.2) is 6.54 Å². The Morgan fingerprint density at radius 3 is 2.76 bits per heavy atom. The molecule has 2 aliphatic rings. The normalized spacial score (nSPS) is 21.2. The highest BCUT2D eigenvalue weighted by Crippen LogP contribution is 2.36. The first kappa shape index (κ1) is 11.6. The van der Waals surface area contributed by atoms with Crippen LogP contribution in [0.5, 0.6) is 0 Å². The lowest BCUT2D eigenvalue weighted by molar-refractivity contribution is 0.443. The third-order valence-corrected chi connectivity index (χ3v) is 4.59. The van der Waals surface area contributed by atoms with Crippen LogP contribution < -0.4 is 5.32 Å². The molecular weight excluding hydrogens is 230 g/mol. The maximum Gasteiger partial charge on any atom is 0.0444 e. The minimum atomic E-state index is 0.758. The Hall–Kier alpha value is -0.530. The minimum Gasteiger partial charge on any atom is -0.312 e. The Kier molecular flexibility index (Phi) is 3.39. The van der Waals surface area contributed by atoms with Crippen molar-refractivity contribution < 1.29 is 0 Å². The molecule has 1 nitrogen and oxygen atoms in total. The first-order valence-electron chi connectivity index (χ1n) is 6.86. The topological polar surface area (TPSA) is 12.0 Å². The highest BCUT2D eigenvalue weighted by Gasteiger charge is 2.19. The van der Waals surface area contributed by atoms with Gasteiger partial charge in [0.25, 0.3) is 0 Å². The van der Waals surface area contributed by atoms with Crippen molar-refractivity contribution in [3.05, 3.63) is 33.8 Å². The summed E-state index contributed by atoms with van der Waals surface area (Å²) in [6.07, 6.45) is 7.97. The Labute approximate surface area is 109 Å². The predicted octanol–water partition coefficient (Wildman–Crippen LogP) is 4.03. The van der Waals surface area contributed by atoms with E-state index in [1.165, 1.54) is 48.8 Å². The molecule has 1 heterocycles.